The van der Waals surface area contributed by atoms with Gasteiger partial charge in [0, 0.05) is 26.2 Å². The summed E-state index contributed by atoms with van der Waals surface area (Å²) in [4.78, 5) is 7.65. The number of pyridine rings is 1. The van der Waals surface area contributed by atoms with Crippen molar-refractivity contribution in [3.05, 3.63) is 41.7 Å². The molecule has 2 aromatic heterocycles. The first-order valence-electron chi connectivity index (χ1n) is 7.28. The lowest BCUT2D eigenvalue weighted by atomic mass is 10.2. The van der Waals surface area contributed by atoms with Crippen LogP contribution in [0.15, 0.2) is 30.3 Å². The smallest absolute Gasteiger partial charge is 0.353 e. The minimum atomic E-state index is -4.42. The van der Waals surface area contributed by atoms with Crippen LogP contribution in [0.25, 0.3) is 0 Å². The molecule has 0 saturated carbocycles. The minimum Gasteiger partial charge on any atom is -0.353 e. The van der Waals surface area contributed by atoms with Crippen LogP contribution in [-0.4, -0.2) is 41.4 Å². The highest BCUT2D eigenvalue weighted by molar-refractivity contribution is 5.45. The van der Waals surface area contributed by atoms with Crippen molar-refractivity contribution in [2.75, 3.05) is 36.0 Å². The second-order valence-electron chi connectivity index (χ2n) is 5.39. The van der Waals surface area contributed by atoms with Crippen molar-refractivity contribution >= 4 is 11.6 Å². The van der Waals surface area contributed by atoms with Crippen LogP contribution in [0.5, 0.6) is 0 Å². The van der Waals surface area contributed by atoms with Crippen molar-refractivity contribution in [1.29, 1.82) is 0 Å². The Balaban J connectivity index is 1.68. The first kappa shape index (κ1) is 15.5. The van der Waals surface area contributed by atoms with Crippen molar-refractivity contribution in [3.63, 3.8) is 0 Å². The normalized spacial score (nSPS) is 15.8. The molecule has 122 valence electrons. The van der Waals surface area contributed by atoms with Crippen LogP contribution < -0.4 is 9.80 Å². The van der Waals surface area contributed by atoms with Crippen molar-refractivity contribution in [1.82, 2.24) is 15.2 Å². The van der Waals surface area contributed by atoms with Crippen LogP contribution in [0.2, 0.25) is 0 Å². The number of alkyl halides is 3. The molecule has 0 unspecified atom stereocenters. The lowest BCUT2D eigenvalue weighted by molar-refractivity contribution is -0.141. The number of piperazine rings is 1. The Kier molecular flexibility index (Phi) is 4.06. The van der Waals surface area contributed by atoms with Gasteiger partial charge in [0.05, 0.1) is 5.69 Å². The molecular formula is C15H16F3N5. The summed E-state index contributed by atoms with van der Waals surface area (Å²) in [5, 5.41) is 8.17. The molecule has 23 heavy (non-hydrogen) atoms. The highest BCUT2D eigenvalue weighted by atomic mass is 19.4. The van der Waals surface area contributed by atoms with Crippen LogP contribution in [0.3, 0.4) is 0 Å². The van der Waals surface area contributed by atoms with Gasteiger partial charge in [-0.1, -0.05) is 6.07 Å². The number of aromatic nitrogens is 3. The molecule has 5 nitrogen and oxygen atoms in total. The van der Waals surface area contributed by atoms with Gasteiger partial charge in [0.2, 0.25) is 0 Å². The maximum atomic E-state index is 12.7. The van der Waals surface area contributed by atoms with Gasteiger partial charge >= 0.3 is 6.18 Å². The number of nitrogens with zero attached hydrogens (tertiary/aromatic N) is 5. The molecule has 0 aromatic carbocycles. The average Bonchev–Trinajstić information content (AvgIpc) is 2.55. The second kappa shape index (κ2) is 6.02. The van der Waals surface area contributed by atoms with Crippen LogP contribution in [0.1, 0.15) is 11.4 Å². The number of halogens is 3. The molecule has 0 bridgehead atoms. The van der Waals surface area contributed by atoms with Gasteiger partial charge in [-0.05, 0) is 31.2 Å². The van der Waals surface area contributed by atoms with E-state index in [4.69, 9.17) is 0 Å². The summed E-state index contributed by atoms with van der Waals surface area (Å²) in [5.41, 5.74) is -0.0117. The maximum Gasteiger partial charge on any atom is 0.433 e. The van der Waals surface area contributed by atoms with Crippen LogP contribution in [0, 0.1) is 6.92 Å². The van der Waals surface area contributed by atoms with E-state index < -0.39 is 11.9 Å². The molecule has 0 spiro atoms. The largest absolute Gasteiger partial charge is 0.433 e. The fourth-order valence-electron chi connectivity index (χ4n) is 2.48. The lowest BCUT2D eigenvalue weighted by Crippen LogP contribution is -2.47. The standard InChI is InChI=1S/C15H16F3N5/c1-11-5-6-14(21-20-11)23-9-7-22(8-10-23)13-4-2-3-12(19-13)15(16,17)18/h2-6H,7-10H2,1H3. The predicted octanol–water partition coefficient (Wildman–Crippen LogP) is 2.53. The first-order valence-corrected chi connectivity index (χ1v) is 7.28. The Morgan fingerprint density at radius 1 is 0.870 bits per heavy atom. The van der Waals surface area contributed by atoms with Crippen molar-refractivity contribution in [2.45, 2.75) is 13.1 Å². The Morgan fingerprint density at radius 2 is 1.52 bits per heavy atom. The Bertz CT molecular complexity index is 664. The first-order chi connectivity index (χ1) is 10.9. The number of anilines is 2. The maximum absolute atomic E-state index is 12.7. The Morgan fingerprint density at radius 3 is 2.09 bits per heavy atom. The SMILES string of the molecule is Cc1ccc(N2CCN(c3cccc(C(F)(F)F)n3)CC2)nn1. The van der Waals surface area contributed by atoms with E-state index in [1.165, 1.54) is 6.07 Å². The molecule has 0 atom stereocenters. The zero-order chi connectivity index (χ0) is 16.4. The lowest BCUT2D eigenvalue weighted by Gasteiger charge is -2.36. The molecule has 1 saturated heterocycles. The van der Waals surface area contributed by atoms with Crippen molar-refractivity contribution < 1.29 is 13.2 Å². The van der Waals surface area contributed by atoms with E-state index in [-0.39, 0.29) is 0 Å². The molecule has 0 aliphatic carbocycles. The molecule has 0 radical (unpaired) electrons. The van der Waals surface area contributed by atoms with Gasteiger partial charge in [0.15, 0.2) is 5.82 Å². The summed E-state index contributed by atoms with van der Waals surface area (Å²) in [6, 6.07) is 7.78. The van der Waals surface area contributed by atoms with E-state index in [1.54, 1.807) is 6.07 Å². The molecule has 1 fully saturated rings. The van der Waals surface area contributed by atoms with Gasteiger partial charge in [-0.2, -0.15) is 18.3 Å². The third-order valence-electron chi connectivity index (χ3n) is 3.74. The third kappa shape index (κ3) is 3.52. The van der Waals surface area contributed by atoms with Crippen LogP contribution in [0.4, 0.5) is 24.8 Å². The molecule has 0 amide bonds. The molecular weight excluding hydrogens is 307 g/mol. The molecule has 1 aliphatic rings. The van der Waals surface area contributed by atoms with E-state index in [9.17, 15) is 13.2 Å². The fraction of sp³-hybridized carbons (Fsp3) is 0.400. The summed E-state index contributed by atoms with van der Waals surface area (Å²) < 4.78 is 38.2. The Hall–Kier alpha value is -2.38. The minimum absolute atomic E-state index is 0.356. The molecule has 0 N–H and O–H groups in total. The summed E-state index contributed by atoms with van der Waals surface area (Å²) >= 11 is 0. The fourth-order valence-corrected chi connectivity index (χ4v) is 2.48. The van der Waals surface area contributed by atoms with Gasteiger partial charge in [-0.25, -0.2) is 4.98 Å². The zero-order valence-electron chi connectivity index (χ0n) is 12.6. The zero-order valence-corrected chi connectivity index (χ0v) is 12.6. The Labute approximate surface area is 131 Å². The number of aryl methyl sites for hydroxylation is 1. The van der Waals surface area contributed by atoms with E-state index in [0.29, 0.717) is 32.0 Å². The summed E-state index contributed by atoms with van der Waals surface area (Å²) in [5.74, 6) is 1.14. The summed E-state index contributed by atoms with van der Waals surface area (Å²) in [6.07, 6.45) is -4.42. The second-order valence-corrected chi connectivity index (χ2v) is 5.39. The molecule has 3 rings (SSSR count). The van der Waals surface area contributed by atoms with E-state index in [2.05, 4.69) is 20.1 Å². The average molecular weight is 323 g/mol. The van der Waals surface area contributed by atoms with E-state index in [1.807, 2.05) is 24.0 Å². The van der Waals surface area contributed by atoms with Crippen LogP contribution in [-0.2, 0) is 6.18 Å². The van der Waals surface area contributed by atoms with E-state index >= 15 is 0 Å². The predicted molar refractivity (Wildman–Crippen MR) is 80.4 cm³/mol. The quantitative estimate of drug-likeness (QED) is 0.850. The number of hydrogen-bond acceptors (Lipinski definition) is 5. The summed E-state index contributed by atoms with van der Waals surface area (Å²) in [7, 11) is 0. The summed E-state index contributed by atoms with van der Waals surface area (Å²) in [6.45, 7) is 4.37. The molecule has 3 heterocycles. The number of rotatable bonds is 2. The van der Waals surface area contributed by atoms with Gasteiger partial charge in [0.1, 0.15) is 11.5 Å². The van der Waals surface area contributed by atoms with Gasteiger partial charge in [0.25, 0.3) is 0 Å². The highest BCUT2D eigenvalue weighted by Gasteiger charge is 2.33. The van der Waals surface area contributed by atoms with Crippen molar-refractivity contribution in [3.8, 4) is 0 Å². The molecule has 8 heteroatoms. The van der Waals surface area contributed by atoms with Gasteiger partial charge in [-0.3, -0.25) is 0 Å². The van der Waals surface area contributed by atoms with E-state index in [0.717, 1.165) is 17.6 Å². The topological polar surface area (TPSA) is 45.2 Å². The molecule has 1 aliphatic heterocycles. The number of hydrogen-bond donors (Lipinski definition) is 0. The van der Waals surface area contributed by atoms with Crippen molar-refractivity contribution in [2.24, 2.45) is 0 Å². The third-order valence-corrected chi connectivity index (χ3v) is 3.74. The monoisotopic (exact) mass is 323 g/mol. The van der Waals surface area contributed by atoms with Gasteiger partial charge < -0.3 is 9.80 Å². The highest BCUT2D eigenvalue weighted by Crippen LogP contribution is 2.29. The van der Waals surface area contributed by atoms with Crippen LogP contribution >= 0.6 is 0 Å². The van der Waals surface area contributed by atoms with Gasteiger partial charge in [-0.15, -0.1) is 5.10 Å². The molecule has 2 aromatic rings.